The number of rotatable bonds is 4. The number of hydrogen-bond acceptors (Lipinski definition) is 3. The molecule has 0 aromatic heterocycles. The fraction of sp³-hybridized carbons (Fsp3) is 0.278. The van der Waals surface area contributed by atoms with Gasteiger partial charge in [0, 0.05) is 11.6 Å². The number of carbonyl (C=O) groups is 1. The third-order valence-corrected chi connectivity index (χ3v) is 5.55. The highest BCUT2D eigenvalue weighted by atomic mass is 32.2. The van der Waals surface area contributed by atoms with Crippen LogP contribution in [0.5, 0.6) is 0 Å². The van der Waals surface area contributed by atoms with Crippen molar-refractivity contribution in [3.8, 4) is 0 Å². The van der Waals surface area contributed by atoms with E-state index in [2.05, 4.69) is 5.32 Å². The summed E-state index contributed by atoms with van der Waals surface area (Å²) < 4.78 is 37.0. The summed E-state index contributed by atoms with van der Waals surface area (Å²) in [6.45, 7) is 3.54. The van der Waals surface area contributed by atoms with Gasteiger partial charge in [0.25, 0.3) is 0 Å². The van der Waals surface area contributed by atoms with Crippen LogP contribution in [0.4, 0.5) is 10.1 Å². The molecule has 1 aliphatic rings. The Morgan fingerprint density at radius 2 is 1.92 bits per heavy atom. The van der Waals surface area contributed by atoms with Crippen LogP contribution in [0.25, 0.3) is 0 Å². The predicted octanol–water partition coefficient (Wildman–Crippen LogP) is 2.83. The van der Waals surface area contributed by atoms with E-state index < -0.39 is 10.0 Å². The molecule has 0 heterocycles. The molecule has 0 bridgehead atoms. The first-order valence-corrected chi connectivity index (χ1v) is 9.42. The molecule has 1 fully saturated rings. The average Bonchev–Trinajstić information content (AvgIpc) is 3.31. The topological polar surface area (TPSA) is 89.3 Å². The van der Waals surface area contributed by atoms with Gasteiger partial charge in [-0.05, 0) is 61.1 Å². The SMILES string of the molecule is Cc1cc(S(N)(=O)=O)cc(NC(=O)C2CC2c2ccccc2F)c1C. The molecule has 132 valence electrons. The summed E-state index contributed by atoms with van der Waals surface area (Å²) in [6.07, 6.45) is 0.569. The number of hydrogen-bond donors (Lipinski definition) is 2. The molecule has 25 heavy (non-hydrogen) atoms. The summed E-state index contributed by atoms with van der Waals surface area (Å²) in [7, 11) is -3.87. The second kappa shape index (κ2) is 6.24. The molecule has 0 radical (unpaired) electrons. The number of primary sulfonamides is 1. The van der Waals surface area contributed by atoms with Crippen molar-refractivity contribution in [1.29, 1.82) is 0 Å². The van der Waals surface area contributed by atoms with Crippen molar-refractivity contribution in [1.82, 2.24) is 0 Å². The van der Waals surface area contributed by atoms with Crippen molar-refractivity contribution >= 4 is 21.6 Å². The lowest BCUT2D eigenvalue weighted by molar-refractivity contribution is -0.117. The van der Waals surface area contributed by atoms with Gasteiger partial charge in [-0.15, -0.1) is 0 Å². The van der Waals surface area contributed by atoms with Crippen LogP contribution in [0.3, 0.4) is 0 Å². The van der Waals surface area contributed by atoms with E-state index in [0.29, 0.717) is 23.2 Å². The second-order valence-corrected chi connectivity index (χ2v) is 7.98. The normalized spacial score (nSPS) is 19.5. The van der Waals surface area contributed by atoms with E-state index in [4.69, 9.17) is 5.14 Å². The molecule has 0 spiro atoms. The van der Waals surface area contributed by atoms with Gasteiger partial charge in [-0.25, -0.2) is 17.9 Å². The molecule has 2 unspecified atom stereocenters. The highest BCUT2D eigenvalue weighted by molar-refractivity contribution is 7.89. The van der Waals surface area contributed by atoms with Crippen molar-refractivity contribution in [2.75, 3.05) is 5.32 Å². The summed E-state index contributed by atoms with van der Waals surface area (Å²) in [4.78, 5) is 12.4. The van der Waals surface area contributed by atoms with Crippen LogP contribution in [0.15, 0.2) is 41.3 Å². The number of sulfonamides is 1. The lowest BCUT2D eigenvalue weighted by atomic mass is 10.1. The minimum absolute atomic E-state index is 0.0487. The maximum Gasteiger partial charge on any atom is 0.238 e. The molecular formula is C18H19FN2O3S. The zero-order valence-electron chi connectivity index (χ0n) is 13.9. The smallest absolute Gasteiger partial charge is 0.238 e. The van der Waals surface area contributed by atoms with E-state index in [1.807, 2.05) is 0 Å². The molecule has 2 atom stereocenters. The third kappa shape index (κ3) is 3.57. The van der Waals surface area contributed by atoms with E-state index in [1.54, 1.807) is 32.0 Å². The lowest BCUT2D eigenvalue weighted by Crippen LogP contribution is -2.18. The minimum atomic E-state index is -3.87. The Morgan fingerprint density at radius 1 is 1.24 bits per heavy atom. The zero-order valence-corrected chi connectivity index (χ0v) is 14.7. The van der Waals surface area contributed by atoms with E-state index >= 15 is 0 Å². The van der Waals surface area contributed by atoms with Gasteiger partial charge >= 0.3 is 0 Å². The van der Waals surface area contributed by atoms with Crippen molar-refractivity contribution < 1.29 is 17.6 Å². The molecule has 7 heteroatoms. The van der Waals surface area contributed by atoms with Crippen LogP contribution in [-0.4, -0.2) is 14.3 Å². The molecular weight excluding hydrogens is 343 g/mol. The molecule has 1 amide bonds. The van der Waals surface area contributed by atoms with Crippen molar-refractivity contribution in [3.05, 3.63) is 58.9 Å². The van der Waals surface area contributed by atoms with Gasteiger partial charge in [0.05, 0.1) is 4.90 Å². The summed E-state index contributed by atoms with van der Waals surface area (Å²) >= 11 is 0. The van der Waals surface area contributed by atoms with Gasteiger partial charge in [0.15, 0.2) is 0 Å². The Balaban J connectivity index is 1.81. The van der Waals surface area contributed by atoms with Crippen LogP contribution in [0.2, 0.25) is 0 Å². The average molecular weight is 362 g/mol. The number of carbonyl (C=O) groups excluding carboxylic acids is 1. The summed E-state index contributed by atoms with van der Waals surface area (Å²) in [5, 5.41) is 7.94. The summed E-state index contributed by atoms with van der Waals surface area (Å²) in [5.41, 5.74) is 2.43. The van der Waals surface area contributed by atoms with Crippen molar-refractivity contribution in [3.63, 3.8) is 0 Å². The monoisotopic (exact) mass is 362 g/mol. The number of anilines is 1. The van der Waals surface area contributed by atoms with Crippen LogP contribution >= 0.6 is 0 Å². The Morgan fingerprint density at radius 3 is 2.56 bits per heavy atom. The molecule has 0 aliphatic heterocycles. The number of nitrogens with two attached hydrogens (primary N) is 1. The van der Waals surface area contributed by atoms with Crippen LogP contribution in [0.1, 0.15) is 29.0 Å². The number of halogens is 1. The van der Waals surface area contributed by atoms with Gasteiger partial charge in [-0.3, -0.25) is 4.79 Å². The highest BCUT2D eigenvalue weighted by Crippen LogP contribution is 2.48. The maximum absolute atomic E-state index is 13.8. The van der Waals surface area contributed by atoms with E-state index in [0.717, 1.165) is 5.56 Å². The zero-order chi connectivity index (χ0) is 18.4. The summed E-state index contributed by atoms with van der Waals surface area (Å²) in [5.74, 6) is -1.04. The number of amides is 1. The van der Waals surface area contributed by atoms with Gasteiger partial charge in [-0.1, -0.05) is 18.2 Å². The third-order valence-electron chi connectivity index (χ3n) is 4.66. The lowest BCUT2D eigenvalue weighted by Gasteiger charge is -2.13. The Kier molecular flexibility index (Phi) is 4.38. The second-order valence-electron chi connectivity index (χ2n) is 6.42. The molecule has 1 aliphatic carbocycles. The maximum atomic E-state index is 13.8. The Bertz CT molecular complexity index is 957. The standard InChI is InChI=1S/C18H19FN2O3S/c1-10-7-12(25(20,23)24)8-17(11(10)2)21-18(22)15-9-14(15)13-5-3-4-6-16(13)19/h3-8,14-15H,9H2,1-2H3,(H,21,22)(H2,20,23,24). The molecule has 1 saturated carbocycles. The first-order valence-electron chi connectivity index (χ1n) is 7.88. The van der Waals surface area contributed by atoms with Gasteiger partial charge in [0.1, 0.15) is 5.82 Å². The van der Waals surface area contributed by atoms with Crippen molar-refractivity contribution in [2.24, 2.45) is 11.1 Å². The molecule has 3 N–H and O–H groups in total. The first-order chi connectivity index (χ1) is 11.7. The number of nitrogens with one attached hydrogen (secondary N) is 1. The molecule has 2 aromatic carbocycles. The van der Waals surface area contributed by atoms with Crippen LogP contribution < -0.4 is 10.5 Å². The molecule has 2 aromatic rings. The number of benzene rings is 2. The summed E-state index contributed by atoms with van der Waals surface area (Å²) in [6, 6.07) is 9.25. The quantitative estimate of drug-likeness (QED) is 0.876. The minimum Gasteiger partial charge on any atom is -0.326 e. The van der Waals surface area contributed by atoms with E-state index in [1.165, 1.54) is 18.2 Å². The predicted molar refractivity (Wildman–Crippen MR) is 93.2 cm³/mol. The van der Waals surface area contributed by atoms with E-state index in [9.17, 15) is 17.6 Å². The van der Waals surface area contributed by atoms with E-state index in [-0.39, 0.29) is 28.5 Å². The van der Waals surface area contributed by atoms with Crippen LogP contribution in [-0.2, 0) is 14.8 Å². The fourth-order valence-electron chi connectivity index (χ4n) is 2.95. The molecule has 3 rings (SSSR count). The van der Waals surface area contributed by atoms with Gasteiger partial charge in [-0.2, -0.15) is 0 Å². The highest BCUT2D eigenvalue weighted by Gasteiger charge is 2.45. The van der Waals surface area contributed by atoms with Gasteiger partial charge < -0.3 is 5.32 Å². The fourth-order valence-corrected chi connectivity index (χ4v) is 3.57. The first kappa shape index (κ1) is 17.6. The number of aryl methyl sites for hydroxylation is 1. The van der Waals surface area contributed by atoms with Crippen LogP contribution in [0, 0.1) is 25.6 Å². The largest absolute Gasteiger partial charge is 0.326 e. The Hall–Kier alpha value is -2.25. The Labute approximate surface area is 146 Å². The molecule has 5 nitrogen and oxygen atoms in total. The van der Waals surface area contributed by atoms with Crippen molar-refractivity contribution in [2.45, 2.75) is 31.1 Å². The molecule has 0 saturated heterocycles. The van der Waals surface area contributed by atoms with Gasteiger partial charge in [0.2, 0.25) is 15.9 Å².